The summed E-state index contributed by atoms with van der Waals surface area (Å²) in [5.41, 5.74) is 0. The molecule has 3 unspecified atom stereocenters. The Kier molecular flexibility index (Phi) is 69.8. The number of quaternary nitrogens is 1. The van der Waals surface area contributed by atoms with Gasteiger partial charge >= 0.3 is 0 Å². The summed E-state index contributed by atoms with van der Waals surface area (Å²) in [6.07, 6.45) is 111. The van der Waals surface area contributed by atoms with Crippen molar-refractivity contribution in [3.8, 4) is 0 Å². The van der Waals surface area contributed by atoms with Gasteiger partial charge in [-0.15, -0.1) is 0 Å². The van der Waals surface area contributed by atoms with E-state index in [0.717, 1.165) is 116 Å². The lowest BCUT2D eigenvalue weighted by Crippen LogP contribution is -2.45. The number of unbranched alkanes of at least 4 members (excludes halogenated alkanes) is 35. The van der Waals surface area contributed by atoms with E-state index in [4.69, 9.17) is 9.05 Å². The number of phosphoric acid groups is 1. The molecule has 1 amide bonds. The Hall–Kier alpha value is -3.62. The average molecular weight is 1310 g/mol. The van der Waals surface area contributed by atoms with Gasteiger partial charge in [0.25, 0.3) is 7.82 Å². The SMILES string of the molecule is CC/C=C\C/C=C\C/C=C\C/C=C\C/C=C\C/C=C\C/C=C\C/C=C\C/C=C\C/C=C\CCCCCCCCCCC(=O)NC(COP(=O)([O-])OCC[N+](C)(C)C)C(O)/C=C/CC/C=C/CCCCCCCCCCCCCCCCCCCCCCCCCCCC. The van der Waals surface area contributed by atoms with Gasteiger partial charge in [-0.2, -0.15) is 0 Å². The van der Waals surface area contributed by atoms with E-state index >= 15 is 0 Å². The molecule has 2 N–H and O–H groups in total. The van der Waals surface area contributed by atoms with Gasteiger partial charge in [0.15, 0.2) is 0 Å². The molecule has 0 aliphatic rings. The molecule has 93 heavy (non-hydrogen) atoms. The van der Waals surface area contributed by atoms with Gasteiger partial charge in [-0.3, -0.25) is 9.36 Å². The molecule has 0 aromatic carbocycles. The minimum atomic E-state index is -4.63. The summed E-state index contributed by atoms with van der Waals surface area (Å²) in [5.74, 6) is -0.218. The molecule has 0 aliphatic heterocycles. The monoisotopic (exact) mass is 1310 g/mol. The van der Waals surface area contributed by atoms with Gasteiger partial charge in [-0.05, 0) is 109 Å². The maximum absolute atomic E-state index is 13.1. The van der Waals surface area contributed by atoms with Crippen LogP contribution in [0.2, 0.25) is 0 Å². The van der Waals surface area contributed by atoms with E-state index in [-0.39, 0.29) is 12.5 Å². The van der Waals surface area contributed by atoms with Crippen LogP contribution in [-0.4, -0.2) is 68.5 Å². The highest BCUT2D eigenvalue weighted by molar-refractivity contribution is 7.45. The van der Waals surface area contributed by atoms with Gasteiger partial charge in [0.2, 0.25) is 5.91 Å². The van der Waals surface area contributed by atoms with Crippen molar-refractivity contribution >= 4 is 13.7 Å². The van der Waals surface area contributed by atoms with E-state index in [9.17, 15) is 19.4 Å². The third-order valence-corrected chi connectivity index (χ3v) is 17.7. The quantitative estimate of drug-likeness (QED) is 0.0272. The molecular formula is C84H147N2O6P. The Balaban J connectivity index is 4.13. The first kappa shape index (κ1) is 89.4. The highest BCUT2D eigenvalue weighted by Crippen LogP contribution is 2.38. The van der Waals surface area contributed by atoms with E-state index in [1.54, 1.807) is 6.08 Å². The van der Waals surface area contributed by atoms with Gasteiger partial charge in [-0.25, -0.2) is 0 Å². The molecule has 0 rings (SSSR count). The maximum Gasteiger partial charge on any atom is 0.268 e. The van der Waals surface area contributed by atoms with Crippen LogP contribution in [-0.2, 0) is 18.4 Å². The van der Waals surface area contributed by atoms with Crippen LogP contribution in [0.5, 0.6) is 0 Å². The van der Waals surface area contributed by atoms with E-state index < -0.39 is 26.6 Å². The summed E-state index contributed by atoms with van der Waals surface area (Å²) >= 11 is 0. The lowest BCUT2D eigenvalue weighted by atomic mass is 10.0. The van der Waals surface area contributed by atoms with Crippen molar-refractivity contribution in [1.82, 2.24) is 5.32 Å². The molecule has 0 bridgehead atoms. The van der Waals surface area contributed by atoms with Crippen LogP contribution in [0.1, 0.15) is 328 Å². The fourth-order valence-corrected chi connectivity index (χ4v) is 11.6. The van der Waals surface area contributed by atoms with Crippen molar-refractivity contribution in [1.29, 1.82) is 0 Å². The van der Waals surface area contributed by atoms with Gasteiger partial charge in [0.05, 0.1) is 39.9 Å². The van der Waals surface area contributed by atoms with Crippen molar-refractivity contribution in [2.45, 2.75) is 341 Å². The first-order chi connectivity index (χ1) is 45.5. The Bertz CT molecular complexity index is 2030. The van der Waals surface area contributed by atoms with E-state index in [1.807, 2.05) is 27.2 Å². The highest BCUT2D eigenvalue weighted by atomic mass is 31.2. The summed E-state index contributed by atoms with van der Waals surface area (Å²) < 4.78 is 23.5. The van der Waals surface area contributed by atoms with Crippen LogP contribution in [0, 0.1) is 0 Å². The number of hydrogen-bond acceptors (Lipinski definition) is 6. The number of likely N-dealkylation sites (N-methyl/N-ethyl adjacent to an activating group) is 1. The Morgan fingerprint density at radius 1 is 0.387 bits per heavy atom. The number of phosphoric ester groups is 1. The number of nitrogens with zero attached hydrogens (tertiary/aromatic N) is 1. The van der Waals surface area contributed by atoms with Gasteiger partial charge in [0.1, 0.15) is 13.2 Å². The van der Waals surface area contributed by atoms with Gasteiger partial charge in [0, 0.05) is 6.42 Å². The zero-order chi connectivity index (χ0) is 67.6. The number of carbonyl (C=O) groups excluding carboxylic acids is 1. The molecule has 3 atom stereocenters. The molecule has 0 heterocycles. The second-order valence-electron chi connectivity index (χ2n) is 27.0. The van der Waals surface area contributed by atoms with E-state index in [1.165, 1.54) is 193 Å². The van der Waals surface area contributed by atoms with Crippen LogP contribution in [0.25, 0.3) is 0 Å². The molecule has 0 radical (unpaired) electrons. The summed E-state index contributed by atoms with van der Waals surface area (Å²) in [4.78, 5) is 25.7. The first-order valence-electron chi connectivity index (χ1n) is 38.7. The third-order valence-electron chi connectivity index (χ3n) is 16.8. The van der Waals surface area contributed by atoms with Crippen LogP contribution in [0.4, 0.5) is 0 Å². The smallest absolute Gasteiger partial charge is 0.268 e. The molecule has 0 aromatic rings. The maximum atomic E-state index is 13.1. The summed E-state index contributed by atoms with van der Waals surface area (Å²) in [6, 6.07) is -0.921. The Morgan fingerprint density at radius 3 is 1.00 bits per heavy atom. The average Bonchev–Trinajstić information content (AvgIpc) is 1.94. The van der Waals surface area contributed by atoms with E-state index in [2.05, 4.69) is 153 Å². The minimum Gasteiger partial charge on any atom is -0.756 e. The number of allylic oxidation sites excluding steroid dienone is 23. The normalized spacial score (nSPS) is 14.4. The lowest BCUT2D eigenvalue weighted by molar-refractivity contribution is -0.870. The number of carbonyl (C=O) groups is 1. The second-order valence-corrected chi connectivity index (χ2v) is 28.4. The fraction of sp³-hybridized carbons (Fsp3) is 0.702. The predicted octanol–water partition coefficient (Wildman–Crippen LogP) is 24.9. The van der Waals surface area contributed by atoms with Crippen LogP contribution >= 0.6 is 7.82 Å². The molecule has 8 nitrogen and oxygen atoms in total. The largest absolute Gasteiger partial charge is 0.756 e. The molecule has 534 valence electrons. The predicted molar refractivity (Wildman–Crippen MR) is 408 cm³/mol. The first-order valence-corrected chi connectivity index (χ1v) is 40.2. The molecule has 0 aromatic heterocycles. The molecular weight excluding hydrogens is 1160 g/mol. The molecule has 0 fully saturated rings. The number of amides is 1. The summed E-state index contributed by atoms with van der Waals surface area (Å²) in [7, 11) is 1.23. The fourth-order valence-electron chi connectivity index (χ4n) is 10.8. The van der Waals surface area contributed by atoms with Crippen LogP contribution in [0.15, 0.2) is 146 Å². The third kappa shape index (κ3) is 75.6. The Morgan fingerprint density at radius 2 is 0.667 bits per heavy atom. The standard InChI is InChI=1S/C84H147N2O6P/c1-6-8-10-12-14-16-18-20-22-24-26-28-30-32-34-36-38-40-41-42-43-44-45-46-48-50-52-54-56-58-60-62-64-66-68-70-72-74-76-78-84(88)85-82(81-92-93(89,90)91-80-79-86(3,4)5)83(87)77-75-73-71-69-67-65-63-61-59-57-55-53-51-49-47-39-37-35-33-31-29-27-25-23-21-19-17-15-13-11-9-7-2/h8,10,14,16,20,22,26,28,32,34,38,40,42-43,45-46,50,52,56,58,67,69,75,77,82-83,87H,6-7,9,11-13,15,17-19,21,23-25,27,29-31,33,35-37,39,41,44,47-49,51,53-55,57,59-66,68,70-74,76,78-81H2,1-5H3,(H-,85,88,89,90)/b10-8-,16-14-,22-20-,28-26-,34-32-,40-38-,43-42-,46-45-,52-50-,58-56-,69-67+,77-75+. The second kappa shape index (κ2) is 72.6. The van der Waals surface area contributed by atoms with Crippen LogP contribution < -0.4 is 10.2 Å². The number of rotatable bonds is 70. The van der Waals surface area contributed by atoms with Crippen molar-refractivity contribution in [2.75, 3.05) is 40.9 Å². The van der Waals surface area contributed by atoms with Gasteiger partial charge < -0.3 is 28.8 Å². The van der Waals surface area contributed by atoms with Crippen molar-refractivity contribution in [3.63, 3.8) is 0 Å². The minimum absolute atomic E-state index is 0.0148. The van der Waals surface area contributed by atoms with Gasteiger partial charge in [-0.1, -0.05) is 359 Å². The summed E-state index contributed by atoms with van der Waals surface area (Å²) in [5, 5.41) is 14.0. The number of aliphatic hydroxyl groups is 1. The van der Waals surface area contributed by atoms with Crippen molar-refractivity contribution in [3.05, 3.63) is 146 Å². The number of aliphatic hydroxyl groups excluding tert-OH is 1. The molecule has 0 aliphatic carbocycles. The van der Waals surface area contributed by atoms with Crippen molar-refractivity contribution < 1.29 is 32.9 Å². The zero-order valence-electron chi connectivity index (χ0n) is 61.2. The summed E-state index contributed by atoms with van der Waals surface area (Å²) in [6.45, 7) is 4.53. The molecule has 0 spiro atoms. The topological polar surface area (TPSA) is 108 Å². The highest BCUT2D eigenvalue weighted by Gasteiger charge is 2.23. The Labute approximate surface area is 576 Å². The molecule has 9 heteroatoms. The molecule has 0 saturated heterocycles. The number of hydrogen-bond donors (Lipinski definition) is 2. The van der Waals surface area contributed by atoms with E-state index in [0.29, 0.717) is 17.4 Å². The van der Waals surface area contributed by atoms with Crippen molar-refractivity contribution in [2.24, 2.45) is 0 Å². The zero-order valence-corrected chi connectivity index (χ0v) is 62.1. The molecule has 0 saturated carbocycles. The lowest BCUT2D eigenvalue weighted by Gasteiger charge is -2.29. The van der Waals surface area contributed by atoms with Crippen LogP contribution in [0.3, 0.4) is 0 Å². The number of nitrogens with one attached hydrogen (secondary N) is 1.